The van der Waals surface area contributed by atoms with Gasteiger partial charge in [-0.2, -0.15) is 4.31 Å². The number of aromatic nitrogens is 3. The van der Waals surface area contributed by atoms with Crippen LogP contribution in [0.25, 0.3) is 22.3 Å². The molecule has 1 saturated heterocycles. The zero-order valence-corrected chi connectivity index (χ0v) is 24.8. The van der Waals surface area contributed by atoms with Gasteiger partial charge in [-0.15, -0.1) is 0 Å². The highest BCUT2D eigenvalue weighted by Crippen LogP contribution is 2.37. The number of fused-ring (bicyclic) bond motifs is 1. The van der Waals surface area contributed by atoms with Gasteiger partial charge in [0.05, 0.1) is 32.9 Å². The number of ether oxygens (including phenoxy) is 1. The second-order valence-electron chi connectivity index (χ2n) is 9.25. The molecular formula is C25H34IN5O6S. The minimum absolute atomic E-state index is 0.0351. The molecule has 1 aromatic carbocycles. The molecule has 13 heteroatoms. The second kappa shape index (κ2) is 11.9. The first kappa shape index (κ1) is 28.8. The highest BCUT2D eigenvalue weighted by Gasteiger charge is 2.29. The lowest BCUT2D eigenvalue weighted by Gasteiger charge is -2.22. The lowest BCUT2D eigenvalue weighted by Crippen LogP contribution is -2.38. The fourth-order valence-corrected chi connectivity index (χ4v) is 7.35. The van der Waals surface area contributed by atoms with E-state index in [1.807, 2.05) is 13.8 Å². The number of H-pyrrole nitrogens is 1. The van der Waals surface area contributed by atoms with Crippen LogP contribution in [0.5, 0.6) is 5.75 Å². The maximum atomic E-state index is 13.7. The van der Waals surface area contributed by atoms with Crippen molar-refractivity contribution in [1.29, 1.82) is 0 Å². The highest BCUT2D eigenvalue weighted by molar-refractivity contribution is 14.1. The van der Waals surface area contributed by atoms with E-state index in [0.717, 1.165) is 11.1 Å². The third-order valence-electron chi connectivity index (χ3n) is 6.79. The number of aliphatic hydroxyl groups is 1. The van der Waals surface area contributed by atoms with Gasteiger partial charge in [-0.25, -0.2) is 13.2 Å². The Hall–Kier alpha value is -2.20. The van der Waals surface area contributed by atoms with Crippen LogP contribution in [0, 0.1) is 3.57 Å². The summed E-state index contributed by atoms with van der Waals surface area (Å²) in [5.74, 6) is 0.474. The number of aryl methyl sites for hydroxylation is 1. The Morgan fingerprint density at radius 2 is 1.87 bits per heavy atom. The summed E-state index contributed by atoms with van der Waals surface area (Å²) in [6, 6.07) is 4.76. The summed E-state index contributed by atoms with van der Waals surface area (Å²) in [5.41, 5.74) is 0.974. The molecule has 0 aliphatic carbocycles. The van der Waals surface area contributed by atoms with Crippen molar-refractivity contribution >= 4 is 43.6 Å². The molecule has 3 aromatic rings. The molecule has 4 rings (SSSR count). The number of aliphatic hydroxyl groups excluding tert-OH is 1. The standard InChI is InChI=1S/C25H34IN5O6S/c1-4-9-31-23-20(26)21(27-22(23)24(33)28(3)25(31)34)18-16-17(7-8-19(18)37-5-2)38(35,36)30-11-6-10-29(12-13-30)14-15-32/h7-8,16,27,32H,4-6,9-15H2,1-3H3. The first-order valence-corrected chi connectivity index (χ1v) is 15.3. The maximum absolute atomic E-state index is 13.7. The number of rotatable bonds is 9. The number of benzene rings is 1. The van der Waals surface area contributed by atoms with Gasteiger partial charge in [-0.05, 0) is 67.1 Å². The van der Waals surface area contributed by atoms with Gasteiger partial charge < -0.3 is 14.8 Å². The number of aromatic amines is 1. The number of sulfonamides is 1. The minimum atomic E-state index is -3.82. The molecule has 0 unspecified atom stereocenters. The molecule has 0 amide bonds. The van der Waals surface area contributed by atoms with Crippen LogP contribution in [0.2, 0.25) is 0 Å². The third-order valence-corrected chi connectivity index (χ3v) is 9.73. The first-order chi connectivity index (χ1) is 18.1. The number of hydrogen-bond donors (Lipinski definition) is 2. The molecule has 208 valence electrons. The number of hydrogen-bond acceptors (Lipinski definition) is 7. The fourth-order valence-electron chi connectivity index (χ4n) is 4.87. The van der Waals surface area contributed by atoms with Gasteiger partial charge in [0.15, 0.2) is 0 Å². The van der Waals surface area contributed by atoms with E-state index in [0.29, 0.717) is 78.3 Å². The Labute approximate surface area is 235 Å². The molecule has 3 heterocycles. The molecule has 0 spiro atoms. The van der Waals surface area contributed by atoms with E-state index < -0.39 is 21.3 Å². The van der Waals surface area contributed by atoms with E-state index in [9.17, 15) is 23.1 Å². The summed E-state index contributed by atoms with van der Waals surface area (Å²) < 4.78 is 38.0. The monoisotopic (exact) mass is 659 g/mol. The van der Waals surface area contributed by atoms with Crippen molar-refractivity contribution in [3.8, 4) is 17.0 Å². The van der Waals surface area contributed by atoms with Gasteiger partial charge in [0, 0.05) is 45.3 Å². The smallest absolute Gasteiger partial charge is 0.331 e. The number of β-amino-alcohol motifs (C(OH)–C–C–N with tert-alkyl or cyclic N) is 1. The Morgan fingerprint density at radius 3 is 2.55 bits per heavy atom. The van der Waals surface area contributed by atoms with Crippen molar-refractivity contribution in [2.24, 2.45) is 7.05 Å². The highest BCUT2D eigenvalue weighted by atomic mass is 127. The van der Waals surface area contributed by atoms with E-state index in [4.69, 9.17) is 4.74 Å². The molecule has 0 bridgehead atoms. The Bertz CT molecular complexity index is 1540. The molecule has 0 saturated carbocycles. The van der Waals surface area contributed by atoms with Crippen LogP contribution in [-0.4, -0.2) is 82.8 Å². The maximum Gasteiger partial charge on any atom is 0.331 e. The lowest BCUT2D eigenvalue weighted by atomic mass is 10.1. The molecule has 0 atom stereocenters. The van der Waals surface area contributed by atoms with E-state index in [-0.39, 0.29) is 17.0 Å². The predicted molar refractivity (Wildman–Crippen MR) is 154 cm³/mol. The van der Waals surface area contributed by atoms with Crippen LogP contribution < -0.4 is 16.0 Å². The Balaban J connectivity index is 1.86. The fraction of sp³-hybridized carbons (Fsp3) is 0.520. The van der Waals surface area contributed by atoms with Gasteiger partial charge in [0.1, 0.15) is 11.3 Å². The van der Waals surface area contributed by atoms with E-state index in [1.54, 1.807) is 22.8 Å². The normalized spacial score (nSPS) is 15.7. The molecule has 0 radical (unpaired) electrons. The molecule has 2 aromatic heterocycles. The largest absolute Gasteiger partial charge is 0.493 e. The van der Waals surface area contributed by atoms with Crippen molar-refractivity contribution < 1.29 is 18.3 Å². The van der Waals surface area contributed by atoms with E-state index in [2.05, 4.69) is 32.5 Å². The summed E-state index contributed by atoms with van der Waals surface area (Å²) in [6.45, 7) is 7.13. The van der Waals surface area contributed by atoms with Crippen molar-refractivity contribution in [2.75, 3.05) is 45.9 Å². The van der Waals surface area contributed by atoms with E-state index in [1.165, 1.54) is 11.4 Å². The quantitative estimate of drug-likeness (QED) is 0.336. The number of nitrogens with zero attached hydrogens (tertiary/aromatic N) is 4. The summed E-state index contributed by atoms with van der Waals surface area (Å²) in [6.07, 6.45) is 1.37. The SMILES string of the molecule is CCCn1c(=O)n(C)c(=O)c2[nH]c(-c3cc(S(=O)(=O)N4CCCN(CCO)CC4)ccc3OCC)c(I)c21. The van der Waals surface area contributed by atoms with Crippen molar-refractivity contribution in [3.63, 3.8) is 0 Å². The van der Waals surface area contributed by atoms with Crippen LogP contribution in [0.15, 0.2) is 32.7 Å². The van der Waals surface area contributed by atoms with Gasteiger partial charge in [0.2, 0.25) is 10.0 Å². The molecular weight excluding hydrogens is 625 g/mol. The molecule has 2 N–H and O–H groups in total. The lowest BCUT2D eigenvalue weighted by molar-refractivity contribution is 0.202. The van der Waals surface area contributed by atoms with Crippen LogP contribution >= 0.6 is 22.6 Å². The second-order valence-corrected chi connectivity index (χ2v) is 12.3. The summed E-state index contributed by atoms with van der Waals surface area (Å²) in [5, 5.41) is 9.26. The summed E-state index contributed by atoms with van der Waals surface area (Å²) in [7, 11) is -2.37. The molecule has 38 heavy (non-hydrogen) atoms. The average molecular weight is 660 g/mol. The molecule has 11 nitrogen and oxygen atoms in total. The predicted octanol–water partition coefficient (Wildman–Crippen LogP) is 1.80. The van der Waals surface area contributed by atoms with Crippen molar-refractivity contribution in [1.82, 2.24) is 23.3 Å². The van der Waals surface area contributed by atoms with Gasteiger partial charge >= 0.3 is 5.69 Å². The summed E-state index contributed by atoms with van der Waals surface area (Å²) in [4.78, 5) is 31.3. The number of nitrogens with one attached hydrogen (secondary N) is 1. The van der Waals surface area contributed by atoms with Crippen molar-refractivity contribution in [3.05, 3.63) is 42.6 Å². The van der Waals surface area contributed by atoms with Crippen LogP contribution in [0.3, 0.4) is 0 Å². The third kappa shape index (κ3) is 5.30. The minimum Gasteiger partial charge on any atom is -0.493 e. The van der Waals surface area contributed by atoms with Gasteiger partial charge in [0.25, 0.3) is 5.56 Å². The van der Waals surface area contributed by atoms with E-state index >= 15 is 0 Å². The number of halogens is 1. The zero-order valence-electron chi connectivity index (χ0n) is 21.9. The topological polar surface area (TPSA) is 130 Å². The van der Waals surface area contributed by atoms with Crippen molar-refractivity contribution in [2.45, 2.75) is 38.1 Å². The van der Waals surface area contributed by atoms with Gasteiger partial charge in [-0.1, -0.05) is 6.92 Å². The van der Waals surface area contributed by atoms with Gasteiger partial charge in [-0.3, -0.25) is 18.8 Å². The first-order valence-electron chi connectivity index (χ1n) is 12.8. The van der Waals surface area contributed by atoms with Crippen LogP contribution in [0.1, 0.15) is 26.7 Å². The van der Waals surface area contributed by atoms with Crippen LogP contribution in [-0.2, 0) is 23.6 Å². The zero-order chi connectivity index (χ0) is 27.6. The Morgan fingerprint density at radius 1 is 1.11 bits per heavy atom. The summed E-state index contributed by atoms with van der Waals surface area (Å²) >= 11 is 2.10. The Kier molecular flexibility index (Phi) is 9.02. The molecule has 1 aliphatic rings. The molecule has 1 aliphatic heterocycles. The van der Waals surface area contributed by atoms with Crippen LogP contribution in [0.4, 0.5) is 0 Å². The average Bonchev–Trinajstić information content (AvgIpc) is 3.06. The molecule has 1 fully saturated rings.